The first-order valence-electron chi connectivity index (χ1n) is 5.82. The number of hydrogen-bond acceptors (Lipinski definition) is 6. The Morgan fingerprint density at radius 2 is 2.14 bits per heavy atom. The summed E-state index contributed by atoms with van der Waals surface area (Å²) in [5.41, 5.74) is -0.675. The van der Waals surface area contributed by atoms with E-state index in [4.69, 9.17) is 11.6 Å². The average Bonchev–Trinajstić information content (AvgIpc) is 2.37. The fourth-order valence-corrected chi connectivity index (χ4v) is 2.98. The van der Waals surface area contributed by atoms with Gasteiger partial charge in [0.15, 0.2) is 4.90 Å². The van der Waals surface area contributed by atoms with Crippen LogP contribution in [0.5, 0.6) is 0 Å². The number of esters is 1. The molecule has 0 aliphatic heterocycles. The van der Waals surface area contributed by atoms with Gasteiger partial charge in [0, 0.05) is 11.1 Å². The second kappa shape index (κ2) is 6.83. The normalized spacial score (nSPS) is 12.7. The molecule has 116 valence electrons. The van der Waals surface area contributed by atoms with Crippen molar-refractivity contribution in [3.8, 4) is 0 Å². The Hall–Kier alpha value is -1.71. The van der Waals surface area contributed by atoms with E-state index in [1.54, 1.807) is 6.92 Å². The predicted octanol–water partition coefficient (Wildman–Crippen LogP) is 1.48. The minimum Gasteiger partial charge on any atom is -0.465 e. The van der Waals surface area contributed by atoms with Crippen LogP contribution in [0, 0.1) is 10.1 Å². The number of benzene rings is 1. The highest BCUT2D eigenvalue weighted by Gasteiger charge is 2.29. The van der Waals surface area contributed by atoms with Gasteiger partial charge in [0.1, 0.15) is 6.04 Å². The zero-order valence-corrected chi connectivity index (χ0v) is 12.8. The lowest BCUT2D eigenvalue weighted by Gasteiger charge is -2.13. The van der Waals surface area contributed by atoms with E-state index in [1.807, 2.05) is 4.72 Å². The van der Waals surface area contributed by atoms with Crippen LogP contribution in [-0.4, -0.2) is 32.0 Å². The second-order valence-electron chi connectivity index (χ2n) is 3.96. The molecule has 0 heterocycles. The molecule has 21 heavy (non-hydrogen) atoms. The number of carbonyl (C=O) groups is 1. The molecule has 0 saturated heterocycles. The average molecular weight is 337 g/mol. The highest BCUT2D eigenvalue weighted by Crippen LogP contribution is 2.27. The summed E-state index contributed by atoms with van der Waals surface area (Å²) in [6.07, 6.45) is 0. The van der Waals surface area contributed by atoms with Crippen LogP contribution in [0.1, 0.15) is 13.8 Å². The maximum Gasteiger partial charge on any atom is 0.323 e. The van der Waals surface area contributed by atoms with Gasteiger partial charge in [-0.3, -0.25) is 14.9 Å². The Bertz CT molecular complexity index is 661. The molecule has 0 spiro atoms. The van der Waals surface area contributed by atoms with Gasteiger partial charge in [0.25, 0.3) is 5.69 Å². The summed E-state index contributed by atoms with van der Waals surface area (Å²) >= 11 is 5.61. The van der Waals surface area contributed by atoms with Crippen LogP contribution in [0.15, 0.2) is 23.1 Å². The van der Waals surface area contributed by atoms with Gasteiger partial charge in [-0.15, -0.1) is 0 Å². The van der Waals surface area contributed by atoms with Crippen LogP contribution in [0.4, 0.5) is 5.69 Å². The van der Waals surface area contributed by atoms with Gasteiger partial charge >= 0.3 is 5.97 Å². The van der Waals surface area contributed by atoms with E-state index in [2.05, 4.69) is 4.74 Å². The Labute approximate surface area is 126 Å². The summed E-state index contributed by atoms with van der Waals surface area (Å²) in [5.74, 6) is -0.780. The first-order chi connectivity index (χ1) is 9.69. The summed E-state index contributed by atoms with van der Waals surface area (Å²) < 4.78 is 30.9. The van der Waals surface area contributed by atoms with Crippen LogP contribution < -0.4 is 4.72 Å². The first-order valence-corrected chi connectivity index (χ1v) is 7.68. The molecular weight excluding hydrogens is 324 g/mol. The molecular formula is C11H13ClN2O6S. The predicted molar refractivity (Wildman–Crippen MR) is 74.5 cm³/mol. The van der Waals surface area contributed by atoms with Crippen LogP contribution in [0.25, 0.3) is 0 Å². The molecule has 0 aliphatic rings. The van der Waals surface area contributed by atoms with E-state index < -0.39 is 37.5 Å². The van der Waals surface area contributed by atoms with Crippen LogP contribution in [0.2, 0.25) is 5.02 Å². The number of nitro groups is 1. The largest absolute Gasteiger partial charge is 0.465 e. The molecule has 0 fully saturated rings. The molecule has 8 nitrogen and oxygen atoms in total. The Balaban J connectivity index is 3.14. The molecule has 0 bridgehead atoms. The van der Waals surface area contributed by atoms with Gasteiger partial charge < -0.3 is 4.74 Å². The summed E-state index contributed by atoms with van der Waals surface area (Å²) in [4.78, 5) is 20.9. The molecule has 10 heteroatoms. The number of nitro benzene ring substituents is 1. The smallest absolute Gasteiger partial charge is 0.323 e. The number of nitrogens with zero attached hydrogens (tertiary/aromatic N) is 1. The number of ether oxygens (including phenoxy) is 1. The van der Waals surface area contributed by atoms with Crippen LogP contribution >= 0.6 is 11.6 Å². The van der Waals surface area contributed by atoms with E-state index in [0.29, 0.717) is 0 Å². The zero-order chi connectivity index (χ0) is 16.2. The lowest BCUT2D eigenvalue weighted by atomic mass is 10.3. The van der Waals surface area contributed by atoms with Crippen molar-refractivity contribution in [3.63, 3.8) is 0 Å². The molecule has 0 amide bonds. The third kappa shape index (κ3) is 4.38. The fraction of sp³-hybridized carbons (Fsp3) is 0.364. The minimum absolute atomic E-state index is 0.0269. The highest BCUT2D eigenvalue weighted by atomic mass is 35.5. The van der Waals surface area contributed by atoms with Crippen molar-refractivity contribution >= 4 is 33.3 Å². The van der Waals surface area contributed by atoms with E-state index in [0.717, 1.165) is 12.1 Å². The van der Waals surface area contributed by atoms with Crippen LogP contribution in [0.3, 0.4) is 0 Å². The molecule has 1 rings (SSSR count). The van der Waals surface area contributed by atoms with Gasteiger partial charge in [-0.05, 0) is 26.0 Å². The van der Waals surface area contributed by atoms with Crippen molar-refractivity contribution in [3.05, 3.63) is 33.3 Å². The number of carbonyl (C=O) groups excluding carboxylic acids is 1. The standard InChI is InChI=1S/C11H13ClN2O6S/c1-3-20-11(15)7(2)13-21(18,19)10-5-4-8(12)6-9(10)14(16)17/h4-7,13H,3H2,1-2H3. The van der Waals surface area contributed by atoms with Crippen molar-refractivity contribution in [2.75, 3.05) is 6.61 Å². The van der Waals surface area contributed by atoms with Crippen molar-refractivity contribution in [1.82, 2.24) is 4.72 Å². The van der Waals surface area contributed by atoms with Gasteiger partial charge in [-0.25, -0.2) is 8.42 Å². The summed E-state index contributed by atoms with van der Waals surface area (Å²) in [6.45, 7) is 2.94. The molecule has 1 N–H and O–H groups in total. The Morgan fingerprint density at radius 3 is 2.67 bits per heavy atom. The summed E-state index contributed by atoms with van der Waals surface area (Å²) in [6, 6.07) is 1.95. The molecule has 1 atom stereocenters. The number of halogens is 1. The van der Waals surface area contributed by atoms with Gasteiger partial charge in [-0.2, -0.15) is 4.72 Å². The second-order valence-corrected chi connectivity index (χ2v) is 6.08. The fourth-order valence-electron chi connectivity index (χ4n) is 1.47. The van der Waals surface area contributed by atoms with Gasteiger partial charge in [0.2, 0.25) is 10.0 Å². The number of nitrogens with one attached hydrogen (secondary N) is 1. The van der Waals surface area contributed by atoms with E-state index in [1.165, 1.54) is 13.0 Å². The first kappa shape index (κ1) is 17.3. The van der Waals surface area contributed by atoms with Gasteiger partial charge in [-0.1, -0.05) is 11.6 Å². The van der Waals surface area contributed by atoms with Crippen molar-refractivity contribution in [2.24, 2.45) is 0 Å². The third-order valence-electron chi connectivity index (χ3n) is 2.38. The number of sulfonamides is 1. The van der Waals surface area contributed by atoms with Crippen molar-refractivity contribution in [2.45, 2.75) is 24.8 Å². The lowest BCUT2D eigenvalue weighted by molar-refractivity contribution is -0.387. The van der Waals surface area contributed by atoms with Gasteiger partial charge in [0.05, 0.1) is 11.5 Å². The molecule has 1 aromatic carbocycles. The summed E-state index contributed by atoms with van der Waals surface area (Å²) in [7, 11) is -4.27. The van der Waals surface area contributed by atoms with E-state index in [9.17, 15) is 23.3 Å². The zero-order valence-electron chi connectivity index (χ0n) is 11.2. The summed E-state index contributed by atoms with van der Waals surface area (Å²) in [5, 5.41) is 10.9. The monoisotopic (exact) mass is 336 g/mol. The Kier molecular flexibility index (Phi) is 5.64. The Morgan fingerprint density at radius 1 is 1.52 bits per heavy atom. The van der Waals surface area contributed by atoms with E-state index in [-0.39, 0.29) is 11.6 Å². The van der Waals surface area contributed by atoms with Crippen LogP contribution in [-0.2, 0) is 19.6 Å². The topological polar surface area (TPSA) is 116 Å². The molecule has 0 saturated carbocycles. The molecule has 1 aromatic rings. The maximum absolute atomic E-state index is 12.1. The lowest BCUT2D eigenvalue weighted by Crippen LogP contribution is -2.39. The van der Waals surface area contributed by atoms with E-state index >= 15 is 0 Å². The molecule has 0 aromatic heterocycles. The minimum atomic E-state index is -4.27. The molecule has 0 radical (unpaired) electrons. The van der Waals surface area contributed by atoms with Crippen molar-refractivity contribution < 1.29 is 22.9 Å². The number of rotatable bonds is 6. The highest BCUT2D eigenvalue weighted by molar-refractivity contribution is 7.89. The maximum atomic E-state index is 12.1. The third-order valence-corrected chi connectivity index (χ3v) is 4.20. The quantitative estimate of drug-likeness (QED) is 0.478. The SMILES string of the molecule is CCOC(=O)C(C)NS(=O)(=O)c1ccc(Cl)cc1[N+](=O)[O-]. The molecule has 1 unspecified atom stereocenters. The number of hydrogen-bond donors (Lipinski definition) is 1. The van der Waals surface area contributed by atoms with Crippen molar-refractivity contribution in [1.29, 1.82) is 0 Å². The molecule has 0 aliphatic carbocycles.